The first-order chi connectivity index (χ1) is 16.2. The van der Waals surface area contributed by atoms with Gasteiger partial charge in [-0.1, -0.05) is 48.0 Å². The van der Waals surface area contributed by atoms with Gasteiger partial charge in [-0.25, -0.2) is 17.8 Å². The summed E-state index contributed by atoms with van der Waals surface area (Å²) in [5.74, 6) is 0.656. The van der Waals surface area contributed by atoms with E-state index >= 15 is 0 Å². The van der Waals surface area contributed by atoms with Crippen molar-refractivity contribution in [1.29, 1.82) is 0 Å². The molecule has 3 aromatic carbocycles. The van der Waals surface area contributed by atoms with Crippen LogP contribution in [0.25, 0.3) is 16.6 Å². The van der Waals surface area contributed by atoms with Crippen LogP contribution in [0.5, 0.6) is 5.75 Å². The van der Waals surface area contributed by atoms with Gasteiger partial charge in [0.25, 0.3) is 0 Å². The number of ether oxygens (including phenoxy) is 1. The van der Waals surface area contributed by atoms with Crippen molar-refractivity contribution in [3.05, 3.63) is 90.1 Å². The van der Waals surface area contributed by atoms with Crippen LogP contribution in [0.2, 0.25) is 0 Å². The van der Waals surface area contributed by atoms with Crippen LogP contribution < -0.4 is 9.46 Å². The quantitative estimate of drug-likeness (QED) is 0.375. The molecule has 4 aromatic rings. The summed E-state index contributed by atoms with van der Waals surface area (Å²) in [5, 5.41) is 5.21. The zero-order chi connectivity index (χ0) is 23.9. The summed E-state index contributed by atoms with van der Waals surface area (Å²) in [6, 6.07) is 23.8. The summed E-state index contributed by atoms with van der Waals surface area (Å²) in [6.07, 6.45) is 2.72. The van der Waals surface area contributed by atoms with Crippen molar-refractivity contribution in [2.24, 2.45) is 0 Å². The van der Waals surface area contributed by atoms with Gasteiger partial charge in [0.05, 0.1) is 28.2 Å². The van der Waals surface area contributed by atoms with Gasteiger partial charge in [0.15, 0.2) is 0 Å². The van der Waals surface area contributed by atoms with Crippen LogP contribution in [-0.2, 0) is 10.0 Å². The van der Waals surface area contributed by atoms with Crippen LogP contribution in [0.1, 0.15) is 43.9 Å². The molecule has 1 unspecified atom stereocenters. The predicted molar refractivity (Wildman–Crippen MR) is 135 cm³/mol. The van der Waals surface area contributed by atoms with Crippen molar-refractivity contribution >= 4 is 20.9 Å². The Morgan fingerprint density at radius 2 is 1.74 bits per heavy atom. The lowest BCUT2D eigenvalue weighted by atomic mass is 9.92. The molecule has 34 heavy (non-hydrogen) atoms. The molecule has 0 radical (unpaired) electrons. The Hall–Kier alpha value is -3.16. The predicted octanol–water partition coefficient (Wildman–Crippen LogP) is 5.31. The monoisotopic (exact) mass is 475 g/mol. The fraction of sp³-hybridized carbons (Fsp3) is 0.296. The molecule has 1 aliphatic carbocycles. The molecule has 5 rings (SSSR count). The van der Waals surface area contributed by atoms with Gasteiger partial charge >= 0.3 is 0 Å². The molecule has 7 heteroatoms. The topological polar surface area (TPSA) is 73.2 Å². The standard InChI is InChI=1S/C27H29N3O3S/c1-19-9-11-22(12-10-19)30-25-16-13-23(17-21(25)18-28-30)33-26(20-7-5-4-6-8-20)27(2,3)29-34(31,32)24-14-15-24/h4-13,16-18,24,26,29H,14-15H2,1-3H3. The lowest BCUT2D eigenvalue weighted by molar-refractivity contribution is 0.119. The van der Waals surface area contributed by atoms with Crippen molar-refractivity contribution in [3.8, 4) is 11.4 Å². The van der Waals surface area contributed by atoms with E-state index in [4.69, 9.17) is 4.74 Å². The average molecular weight is 476 g/mol. The maximum Gasteiger partial charge on any atom is 0.215 e. The number of benzene rings is 3. The summed E-state index contributed by atoms with van der Waals surface area (Å²) in [4.78, 5) is 0. The number of nitrogens with one attached hydrogen (secondary N) is 1. The molecule has 1 aromatic heterocycles. The summed E-state index contributed by atoms with van der Waals surface area (Å²) in [5.41, 5.74) is 3.21. The molecule has 1 fully saturated rings. The van der Waals surface area contributed by atoms with Gasteiger partial charge in [-0.3, -0.25) is 0 Å². The minimum absolute atomic E-state index is 0.299. The number of nitrogens with zero attached hydrogens (tertiary/aromatic N) is 2. The Bertz CT molecular complexity index is 1410. The molecule has 0 bridgehead atoms. The van der Waals surface area contributed by atoms with E-state index in [0.717, 1.165) is 22.2 Å². The average Bonchev–Trinajstić information content (AvgIpc) is 3.59. The molecule has 1 atom stereocenters. The van der Waals surface area contributed by atoms with Gasteiger partial charge < -0.3 is 4.74 Å². The Kier molecular flexibility index (Phi) is 5.70. The van der Waals surface area contributed by atoms with Gasteiger partial charge in [-0.15, -0.1) is 0 Å². The van der Waals surface area contributed by atoms with Crippen molar-refractivity contribution in [3.63, 3.8) is 0 Å². The molecule has 0 spiro atoms. The normalized spacial score (nSPS) is 15.4. The minimum Gasteiger partial charge on any atom is -0.484 e. The molecule has 0 aliphatic heterocycles. The van der Waals surface area contributed by atoms with E-state index in [1.165, 1.54) is 5.56 Å². The van der Waals surface area contributed by atoms with Gasteiger partial charge in [0, 0.05) is 5.39 Å². The fourth-order valence-electron chi connectivity index (χ4n) is 4.25. The van der Waals surface area contributed by atoms with E-state index in [0.29, 0.717) is 18.6 Å². The van der Waals surface area contributed by atoms with E-state index in [1.54, 1.807) is 0 Å². The summed E-state index contributed by atoms with van der Waals surface area (Å²) >= 11 is 0. The molecule has 1 N–H and O–H groups in total. The first kappa shape index (κ1) is 22.6. The summed E-state index contributed by atoms with van der Waals surface area (Å²) < 4.78 is 36.8. The number of aromatic nitrogens is 2. The van der Waals surface area contributed by atoms with Gasteiger partial charge in [-0.2, -0.15) is 5.10 Å². The Morgan fingerprint density at radius 3 is 2.41 bits per heavy atom. The maximum atomic E-state index is 12.8. The van der Waals surface area contributed by atoms with Crippen LogP contribution in [0.15, 0.2) is 79.0 Å². The molecule has 1 aliphatic rings. The van der Waals surface area contributed by atoms with Gasteiger partial charge in [0.1, 0.15) is 11.9 Å². The van der Waals surface area contributed by atoms with Crippen molar-refractivity contribution in [2.45, 2.75) is 50.5 Å². The minimum atomic E-state index is -3.40. The van der Waals surface area contributed by atoms with E-state index in [2.05, 4.69) is 28.9 Å². The van der Waals surface area contributed by atoms with Crippen LogP contribution >= 0.6 is 0 Å². The molecule has 176 valence electrons. The summed E-state index contributed by atoms with van der Waals surface area (Å²) in [7, 11) is -3.40. The molecular weight excluding hydrogens is 446 g/mol. The third kappa shape index (κ3) is 4.58. The lowest BCUT2D eigenvalue weighted by Gasteiger charge is -2.35. The second-order valence-corrected chi connectivity index (χ2v) is 11.6. The van der Waals surface area contributed by atoms with Crippen molar-refractivity contribution in [2.75, 3.05) is 0 Å². The third-order valence-corrected chi connectivity index (χ3v) is 8.36. The zero-order valence-corrected chi connectivity index (χ0v) is 20.4. The van der Waals surface area contributed by atoms with Crippen LogP contribution in [-0.4, -0.2) is 29.0 Å². The molecule has 0 saturated heterocycles. The molecular formula is C27H29N3O3S. The first-order valence-corrected chi connectivity index (χ1v) is 13.1. The van der Waals surface area contributed by atoms with Crippen molar-refractivity contribution < 1.29 is 13.2 Å². The SMILES string of the molecule is Cc1ccc(-n2ncc3cc(OC(c4ccccc4)C(C)(C)NS(=O)(=O)C4CC4)ccc32)cc1. The Morgan fingerprint density at radius 1 is 1.03 bits per heavy atom. The largest absolute Gasteiger partial charge is 0.484 e. The van der Waals surface area contributed by atoms with E-state index in [1.807, 2.05) is 85.4 Å². The maximum absolute atomic E-state index is 12.8. The molecule has 6 nitrogen and oxygen atoms in total. The fourth-order valence-corrected chi connectivity index (χ4v) is 6.02. The third-order valence-electron chi connectivity index (χ3n) is 6.20. The number of sulfonamides is 1. The summed E-state index contributed by atoms with van der Waals surface area (Å²) in [6.45, 7) is 5.81. The number of aryl methyl sites for hydroxylation is 1. The van der Waals surface area contributed by atoms with Gasteiger partial charge in [-0.05, 0) is 69.5 Å². The smallest absolute Gasteiger partial charge is 0.215 e. The van der Waals surface area contributed by atoms with E-state index in [9.17, 15) is 8.42 Å². The highest BCUT2D eigenvalue weighted by molar-refractivity contribution is 7.90. The number of rotatable bonds is 8. The number of fused-ring (bicyclic) bond motifs is 1. The van der Waals surface area contributed by atoms with Crippen LogP contribution in [0.3, 0.4) is 0 Å². The van der Waals surface area contributed by atoms with E-state index in [-0.39, 0.29) is 5.25 Å². The highest BCUT2D eigenvalue weighted by Gasteiger charge is 2.43. The van der Waals surface area contributed by atoms with E-state index < -0.39 is 21.7 Å². The molecule has 0 amide bonds. The lowest BCUT2D eigenvalue weighted by Crippen LogP contribution is -2.50. The van der Waals surface area contributed by atoms with Crippen molar-refractivity contribution in [1.82, 2.24) is 14.5 Å². The second-order valence-electron chi connectivity index (χ2n) is 9.59. The number of hydrogen-bond donors (Lipinski definition) is 1. The second kappa shape index (κ2) is 8.56. The highest BCUT2D eigenvalue weighted by Crippen LogP contribution is 2.36. The molecule has 1 saturated carbocycles. The Labute approximate surface area is 200 Å². The van der Waals surface area contributed by atoms with Crippen LogP contribution in [0, 0.1) is 6.92 Å². The highest BCUT2D eigenvalue weighted by atomic mass is 32.2. The first-order valence-electron chi connectivity index (χ1n) is 11.5. The van der Waals surface area contributed by atoms with Crippen LogP contribution in [0.4, 0.5) is 0 Å². The number of hydrogen-bond acceptors (Lipinski definition) is 4. The van der Waals surface area contributed by atoms with Gasteiger partial charge in [0.2, 0.25) is 10.0 Å². The Balaban J connectivity index is 1.47. The molecule has 1 heterocycles. The zero-order valence-electron chi connectivity index (χ0n) is 19.6.